The molecular formula is C19H27FN4O. The number of ether oxygens (including phenoxy) is 1. The summed E-state index contributed by atoms with van der Waals surface area (Å²) in [6.45, 7) is 8.21. The van der Waals surface area contributed by atoms with Gasteiger partial charge in [-0.2, -0.15) is 5.10 Å². The monoisotopic (exact) mass is 346 g/mol. The van der Waals surface area contributed by atoms with E-state index in [0.29, 0.717) is 12.4 Å². The Hall–Kier alpha value is -1.92. The minimum atomic E-state index is -0.271. The number of rotatable bonds is 6. The molecule has 3 rings (SSSR count). The Bertz CT molecular complexity index is 688. The molecule has 25 heavy (non-hydrogen) atoms. The smallest absolute Gasteiger partial charge is 0.165 e. The van der Waals surface area contributed by atoms with Crippen molar-refractivity contribution in [3.05, 3.63) is 47.5 Å². The molecule has 1 aliphatic heterocycles. The lowest BCUT2D eigenvalue weighted by Crippen LogP contribution is -2.30. The van der Waals surface area contributed by atoms with Crippen LogP contribution in [-0.4, -0.2) is 52.4 Å². The summed E-state index contributed by atoms with van der Waals surface area (Å²) >= 11 is 0. The second-order valence-corrected chi connectivity index (χ2v) is 6.63. The van der Waals surface area contributed by atoms with Crippen molar-refractivity contribution in [3.8, 4) is 5.75 Å². The molecule has 2 heterocycles. The highest BCUT2D eigenvalue weighted by Gasteiger charge is 2.16. The van der Waals surface area contributed by atoms with Gasteiger partial charge in [-0.1, -0.05) is 6.07 Å². The Morgan fingerprint density at radius 3 is 2.40 bits per heavy atom. The van der Waals surface area contributed by atoms with Gasteiger partial charge in [-0.3, -0.25) is 14.5 Å². The third-order valence-corrected chi connectivity index (χ3v) is 4.55. The minimum Gasteiger partial charge on any atom is -0.491 e. The summed E-state index contributed by atoms with van der Waals surface area (Å²) in [6, 6.07) is 5.30. The average Bonchev–Trinajstić information content (AvgIpc) is 2.86. The van der Waals surface area contributed by atoms with Gasteiger partial charge in [0.15, 0.2) is 11.6 Å². The van der Waals surface area contributed by atoms with Crippen molar-refractivity contribution >= 4 is 0 Å². The lowest BCUT2D eigenvalue weighted by molar-refractivity contribution is 0.246. The summed E-state index contributed by atoms with van der Waals surface area (Å²) in [6.07, 6.45) is 5.14. The minimum absolute atomic E-state index is 0.271. The van der Waals surface area contributed by atoms with Crippen molar-refractivity contribution in [1.29, 1.82) is 0 Å². The lowest BCUT2D eigenvalue weighted by Gasteiger charge is -2.21. The van der Waals surface area contributed by atoms with Crippen LogP contribution in [0.2, 0.25) is 0 Å². The second-order valence-electron chi connectivity index (χ2n) is 6.63. The number of benzene rings is 1. The predicted octanol–water partition coefficient (Wildman–Crippen LogP) is 2.67. The molecule has 6 heteroatoms. The molecule has 1 fully saturated rings. The van der Waals surface area contributed by atoms with Crippen molar-refractivity contribution in [2.24, 2.45) is 7.05 Å². The molecular weight excluding hydrogens is 319 g/mol. The molecule has 0 aliphatic carbocycles. The van der Waals surface area contributed by atoms with Gasteiger partial charge >= 0.3 is 0 Å². The van der Waals surface area contributed by atoms with Crippen molar-refractivity contribution in [3.63, 3.8) is 0 Å². The molecule has 0 N–H and O–H groups in total. The molecule has 2 aromatic rings. The Labute approximate surface area is 149 Å². The lowest BCUT2D eigenvalue weighted by atomic mass is 10.2. The van der Waals surface area contributed by atoms with Gasteiger partial charge in [0.2, 0.25) is 0 Å². The maximum absolute atomic E-state index is 14.0. The molecule has 0 unspecified atom stereocenters. The van der Waals surface area contributed by atoms with E-state index in [1.54, 1.807) is 12.1 Å². The van der Waals surface area contributed by atoms with Crippen LogP contribution < -0.4 is 4.74 Å². The highest BCUT2D eigenvalue weighted by atomic mass is 19.1. The highest BCUT2D eigenvalue weighted by Crippen LogP contribution is 2.20. The fourth-order valence-electron chi connectivity index (χ4n) is 3.33. The molecule has 0 saturated carbocycles. The zero-order valence-corrected chi connectivity index (χ0v) is 15.1. The van der Waals surface area contributed by atoms with Gasteiger partial charge in [0.25, 0.3) is 0 Å². The molecule has 0 amide bonds. The van der Waals surface area contributed by atoms with E-state index in [1.807, 2.05) is 30.9 Å². The second kappa shape index (κ2) is 8.45. The molecule has 0 bridgehead atoms. The molecule has 1 aromatic carbocycles. The van der Waals surface area contributed by atoms with Crippen LogP contribution in [0.25, 0.3) is 0 Å². The number of hydrogen-bond donors (Lipinski definition) is 0. The number of nitrogens with zero attached hydrogens (tertiary/aromatic N) is 4. The van der Waals surface area contributed by atoms with Crippen LogP contribution in [0.1, 0.15) is 24.5 Å². The summed E-state index contributed by atoms with van der Waals surface area (Å²) in [7, 11) is 1.95. The van der Waals surface area contributed by atoms with Crippen LogP contribution >= 0.6 is 0 Å². The largest absolute Gasteiger partial charge is 0.491 e. The average molecular weight is 346 g/mol. The molecule has 136 valence electrons. The van der Waals surface area contributed by atoms with E-state index in [4.69, 9.17) is 4.74 Å². The maximum Gasteiger partial charge on any atom is 0.165 e. The van der Waals surface area contributed by atoms with E-state index in [0.717, 1.165) is 51.3 Å². The van der Waals surface area contributed by atoms with E-state index < -0.39 is 0 Å². The van der Waals surface area contributed by atoms with Crippen molar-refractivity contribution in [1.82, 2.24) is 19.6 Å². The quantitative estimate of drug-likeness (QED) is 0.805. The molecule has 0 atom stereocenters. The molecule has 1 aliphatic rings. The zero-order valence-electron chi connectivity index (χ0n) is 15.1. The summed E-state index contributed by atoms with van der Waals surface area (Å²) in [5.74, 6) is 0.0668. The predicted molar refractivity (Wildman–Crippen MR) is 95.9 cm³/mol. The van der Waals surface area contributed by atoms with Crippen LogP contribution in [0.15, 0.2) is 30.6 Å². The SMILES string of the molecule is CCOc1ccc(CN2CCCN(Cc3cnn(C)c3)CC2)cc1F. The fourth-order valence-corrected chi connectivity index (χ4v) is 3.33. The van der Waals surface area contributed by atoms with Crippen molar-refractivity contribution in [2.75, 3.05) is 32.8 Å². The number of hydrogen-bond acceptors (Lipinski definition) is 4. The van der Waals surface area contributed by atoms with E-state index >= 15 is 0 Å². The molecule has 0 radical (unpaired) electrons. The zero-order chi connectivity index (χ0) is 17.6. The molecule has 0 spiro atoms. The summed E-state index contributed by atoms with van der Waals surface area (Å²) in [4.78, 5) is 4.87. The van der Waals surface area contributed by atoms with Gasteiger partial charge in [0.1, 0.15) is 0 Å². The first-order chi connectivity index (χ1) is 12.1. The fraction of sp³-hybridized carbons (Fsp3) is 0.526. The topological polar surface area (TPSA) is 33.5 Å². The third-order valence-electron chi connectivity index (χ3n) is 4.55. The van der Waals surface area contributed by atoms with Gasteiger partial charge < -0.3 is 4.74 Å². The van der Waals surface area contributed by atoms with Gasteiger partial charge in [-0.15, -0.1) is 0 Å². The maximum atomic E-state index is 14.0. The third kappa shape index (κ3) is 5.03. The molecule has 5 nitrogen and oxygen atoms in total. The Kier molecular flexibility index (Phi) is 6.04. The van der Waals surface area contributed by atoms with Crippen LogP contribution in [0.3, 0.4) is 0 Å². The molecule has 1 aromatic heterocycles. The van der Waals surface area contributed by atoms with E-state index in [-0.39, 0.29) is 5.82 Å². The van der Waals surface area contributed by atoms with E-state index in [1.165, 1.54) is 5.56 Å². The Morgan fingerprint density at radius 2 is 1.80 bits per heavy atom. The van der Waals surface area contributed by atoms with Gasteiger partial charge in [-0.25, -0.2) is 4.39 Å². The van der Waals surface area contributed by atoms with Crippen molar-refractivity contribution < 1.29 is 9.13 Å². The number of aryl methyl sites for hydroxylation is 1. The van der Waals surface area contributed by atoms with Crippen LogP contribution in [0.5, 0.6) is 5.75 Å². The van der Waals surface area contributed by atoms with Gasteiger partial charge in [0, 0.05) is 45.0 Å². The Balaban J connectivity index is 1.53. The standard InChI is InChI=1S/C19H27FN4O/c1-3-25-19-6-5-16(11-18(19)20)14-23-7-4-8-24(10-9-23)15-17-12-21-22(2)13-17/h5-6,11-13H,3-4,7-10,14-15H2,1-2H3. The van der Waals surface area contributed by atoms with Crippen LogP contribution in [0, 0.1) is 5.82 Å². The summed E-state index contributed by atoms with van der Waals surface area (Å²) in [5.41, 5.74) is 2.26. The van der Waals surface area contributed by atoms with E-state index in [9.17, 15) is 4.39 Å². The first-order valence-electron chi connectivity index (χ1n) is 8.97. The normalized spacial score (nSPS) is 16.8. The number of aromatic nitrogens is 2. The number of halogens is 1. The first-order valence-corrected chi connectivity index (χ1v) is 8.97. The van der Waals surface area contributed by atoms with E-state index in [2.05, 4.69) is 21.1 Å². The van der Waals surface area contributed by atoms with Crippen LogP contribution in [0.4, 0.5) is 4.39 Å². The van der Waals surface area contributed by atoms with Gasteiger partial charge in [0.05, 0.1) is 12.8 Å². The van der Waals surface area contributed by atoms with Crippen molar-refractivity contribution in [2.45, 2.75) is 26.4 Å². The summed E-state index contributed by atoms with van der Waals surface area (Å²) in [5, 5.41) is 4.24. The highest BCUT2D eigenvalue weighted by molar-refractivity contribution is 5.29. The first kappa shape index (κ1) is 17.9. The van der Waals surface area contributed by atoms with Crippen LogP contribution in [-0.2, 0) is 20.1 Å². The molecule has 1 saturated heterocycles. The Morgan fingerprint density at radius 1 is 1.08 bits per heavy atom. The summed E-state index contributed by atoms with van der Waals surface area (Å²) < 4.78 is 21.1. The van der Waals surface area contributed by atoms with Gasteiger partial charge in [-0.05, 0) is 44.1 Å².